The van der Waals surface area contributed by atoms with E-state index >= 15 is 0 Å². The van der Waals surface area contributed by atoms with E-state index in [0.29, 0.717) is 17.9 Å². The summed E-state index contributed by atoms with van der Waals surface area (Å²) < 4.78 is 0. The lowest BCUT2D eigenvalue weighted by Gasteiger charge is -2.05. The standard InChI is InChI=1S/C12H12N4O/c13-12(17)10-3-4-11(16-8-10)15-7-9-2-1-5-14-6-9/h1-6,8H,7H2,(H2,13,17)(H,15,16). The molecule has 3 N–H and O–H groups in total. The topological polar surface area (TPSA) is 80.9 Å². The average molecular weight is 228 g/mol. The van der Waals surface area contributed by atoms with Gasteiger partial charge in [0.1, 0.15) is 5.82 Å². The summed E-state index contributed by atoms with van der Waals surface area (Å²) in [6, 6.07) is 7.20. The quantitative estimate of drug-likeness (QED) is 0.823. The number of anilines is 1. The number of nitrogens with two attached hydrogens (primary N) is 1. The Balaban J connectivity index is 1.98. The zero-order chi connectivity index (χ0) is 12.1. The molecule has 86 valence electrons. The van der Waals surface area contributed by atoms with Crippen LogP contribution in [0.4, 0.5) is 5.82 Å². The van der Waals surface area contributed by atoms with Crippen LogP contribution < -0.4 is 11.1 Å². The van der Waals surface area contributed by atoms with Gasteiger partial charge in [0.15, 0.2) is 0 Å². The minimum Gasteiger partial charge on any atom is -0.366 e. The molecule has 2 aromatic heterocycles. The maximum absolute atomic E-state index is 10.8. The summed E-state index contributed by atoms with van der Waals surface area (Å²) in [6.07, 6.45) is 4.96. The maximum Gasteiger partial charge on any atom is 0.250 e. The fraction of sp³-hybridized carbons (Fsp3) is 0.0833. The van der Waals surface area contributed by atoms with Gasteiger partial charge in [0.05, 0.1) is 5.56 Å². The number of hydrogen-bond donors (Lipinski definition) is 2. The van der Waals surface area contributed by atoms with Crippen LogP contribution in [0, 0.1) is 0 Å². The molecule has 0 bridgehead atoms. The molecule has 0 aromatic carbocycles. The van der Waals surface area contributed by atoms with Crippen molar-refractivity contribution in [1.82, 2.24) is 9.97 Å². The molecule has 17 heavy (non-hydrogen) atoms. The van der Waals surface area contributed by atoms with Gasteiger partial charge in [-0.1, -0.05) is 6.07 Å². The normalized spacial score (nSPS) is 9.88. The molecular weight excluding hydrogens is 216 g/mol. The first-order valence-electron chi connectivity index (χ1n) is 5.14. The van der Waals surface area contributed by atoms with Crippen LogP contribution in [0.5, 0.6) is 0 Å². The molecular formula is C12H12N4O. The molecule has 0 atom stereocenters. The predicted octanol–water partition coefficient (Wildman–Crippen LogP) is 1.19. The highest BCUT2D eigenvalue weighted by molar-refractivity contribution is 5.92. The number of carbonyl (C=O) groups is 1. The van der Waals surface area contributed by atoms with Crippen molar-refractivity contribution in [3.63, 3.8) is 0 Å². The number of amides is 1. The predicted molar refractivity (Wildman–Crippen MR) is 64.3 cm³/mol. The Bertz CT molecular complexity index is 496. The van der Waals surface area contributed by atoms with Crippen LogP contribution in [0.3, 0.4) is 0 Å². The van der Waals surface area contributed by atoms with Crippen molar-refractivity contribution >= 4 is 11.7 Å². The average Bonchev–Trinajstić information content (AvgIpc) is 2.38. The van der Waals surface area contributed by atoms with Crippen LogP contribution in [-0.4, -0.2) is 15.9 Å². The van der Waals surface area contributed by atoms with Gasteiger partial charge in [0.2, 0.25) is 5.91 Å². The van der Waals surface area contributed by atoms with Gasteiger partial charge in [-0.3, -0.25) is 9.78 Å². The summed E-state index contributed by atoms with van der Waals surface area (Å²) in [5.74, 6) is 0.218. The molecule has 0 aliphatic rings. The monoisotopic (exact) mass is 228 g/mol. The zero-order valence-electron chi connectivity index (χ0n) is 9.13. The molecule has 0 spiro atoms. The van der Waals surface area contributed by atoms with Crippen LogP contribution in [-0.2, 0) is 6.54 Å². The van der Waals surface area contributed by atoms with E-state index in [-0.39, 0.29) is 0 Å². The number of carbonyl (C=O) groups excluding carboxylic acids is 1. The van der Waals surface area contributed by atoms with Gasteiger partial charge in [-0.05, 0) is 23.8 Å². The molecule has 5 nitrogen and oxygen atoms in total. The summed E-state index contributed by atoms with van der Waals surface area (Å²) in [6.45, 7) is 0.636. The highest BCUT2D eigenvalue weighted by Crippen LogP contribution is 2.06. The van der Waals surface area contributed by atoms with Crippen molar-refractivity contribution in [2.75, 3.05) is 5.32 Å². The molecule has 2 heterocycles. The summed E-state index contributed by atoms with van der Waals surface area (Å²) >= 11 is 0. The second-order valence-electron chi connectivity index (χ2n) is 3.51. The highest BCUT2D eigenvalue weighted by Gasteiger charge is 2.00. The third kappa shape index (κ3) is 3.01. The van der Waals surface area contributed by atoms with Crippen LogP contribution in [0.1, 0.15) is 15.9 Å². The van der Waals surface area contributed by atoms with E-state index in [1.165, 1.54) is 6.20 Å². The molecule has 0 saturated heterocycles. The van der Waals surface area contributed by atoms with Crippen LogP contribution in [0.15, 0.2) is 42.9 Å². The number of pyridine rings is 2. The second-order valence-corrected chi connectivity index (χ2v) is 3.51. The van der Waals surface area contributed by atoms with Gasteiger partial charge in [-0.15, -0.1) is 0 Å². The van der Waals surface area contributed by atoms with Crippen molar-refractivity contribution in [3.8, 4) is 0 Å². The minimum atomic E-state index is -0.476. The summed E-state index contributed by atoms with van der Waals surface area (Å²) in [5, 5.41) is 3.12. The van der Waals surface area contributed by atoms with Gasteiger partial charge < -0.3 is 11.1 Å². The molecule has 2 aromatic rings. The Hall–Kier alpha value is -2.43. The Morgan fingerprint density at radius 1 is 1.29 bits per heavy atom. The smallest absolute Gasteiger partial charge is 0.250 e. The van der Waals surface area contributed by atoms with Crippen molar-refractivity contribution in [2.24, 2.45) is 5.73 Å². The van der Waals surface area contributed by atoms with E-state index in [1.54, 1.807) is 24.5 Å². The largest absolute Gasteiger partial charge is 0.366 e. The van der Waals surface area contributed by atoms with Crippen molar-refractivity contribution in [1.29, 1.82) is 0 Å². The lowest BCUT2D eigenvalue weighted by molar-refractivity contribution is 0.1000. The molecule has 0 aliphatic carbocycles. The third-order valence-corrected chi connectivity index (χ3v) is 2.24. The lowest BCUT2D eigenvalue weighted by Crippen LogP contribution is -2.11. The molecule has 1 amide bonds. The Morgan fingerprint density at radius 2 is 2.18 bits per heavy atom. The number of primary amides is 1. The Kier molecular flexibility index (Phi) is 3.30. The molecule has 0 fully saturated rings. The molecule has 0 aliphatic heterocycles. The Morgan fingerprint density at radius 3 is 2.76 bits per heavy atom. The van der Waals surface area contributed by atoms with E-state index in [9.17, 15) is 4.79 Å². The van der Waals surface area contributed by atoms with E-state index in [2.05, 4.69) is 15.3 Å². The molecule has 0 radical (unpaired) electrons. The molecule has 0 unspecified atom stereocenters. The van der Waals surface area contributed by atoms with Gasteiger partial charge in [0.25, 0.3) is 0 Å². The maximum atomic E-state index is 10.8. The van der Waals surface area contributed by atoms with Crippen molar-refractivity contribution in [2.45, 2.75) is 6.54 Å². The number of aromatic nitrogens is 2. The van der Waals surface area contributed by atoms with E-state index in [1.807, 2.05) is 12.1 Å². The van der Waals surface area contributed by atoms with E-state index in [4.69, 9.17) is 5.73 Å². The summed E-state index contributed by atoms with van der Waals surface area (Å²) in [7, 11) is 0. The Labute approximate surface area is 98.7 Å². The number of nitrogens with one attached hydrogen (secondary N) is 1. The van der Waals surface area contributed by atoms with Crippen LogP contribution in [0.25, 0.3) is 0 Å². The summed E-state index contributed by atoms with van der Waals surface area (Å²) in [5.41, 5.74) is 6.58. The number of hydrogen-bond acceptors (Lipinski definition) is 4. The van der Waals surface area contributed by atoms with Gasteiger partial charge in [-0.25, -0.2) is 4.98 Å². The van der Waals surface area contributed by atoms with Gasteiger partial charge in [0, 0.05) is 25.1 Å². The number of nitrogens with zero attached hydrogens (tertiary/aromatic N) is 2. The van der Waals surface area contributed by atoms with E-state index < -0.39 is 5.91 Å². The van der Waals surface area contributed by atoms with Gasteiger partial charge in [-0.2, -0.15) is 0 Å². The fourth-order valence-corrected chi connectivity index (χ4v) is 1.34. The second kappa shape index (κ2) is 5.07. The van der Waals surface area contributed by atoms with Gasteiger partial charge >= 0.3 is 0 Å². The minimum absolute atomic E-state index is 0.400. The third-order valence-electron chi connectivity index (χ3n) is 2.24. The first-order chi connectivity index (χ1) is 8.25. The van der Waals surface area contributed by atoms with Crippen molar-refractivity contribution < 1.29 is 4.79 Å². The molecule has 5 heteroatoms. The fourth-order valence-electron chi connectivity index (χ4n) is 1.34. The SMILES string of the molecule is NC(=O)c1ccc(NCc2cccnc2)nc1. The number of rotatable bonds is 4. The highest BCUT2D eigenvalue weighted by atomic mass is 16.1. The first kappa shape index (κ1) is 11.1. The zero-order valence-corrected chi connectivity index (χ0v) is 9.13. The molecule has 0 saturated carbocycles. The lowest BCUT2D eigenvalue weighted by atomic mass is 10.2. The first-order valence-corrected chi connectivity index (χ1v) is 5.14. The van der Waals surface area contributed by atoms with Crippen LogP contribution in [0.2, 0.25) is 0 Å². The van der Waals surface area contributed by atoms with Crippen molar-refractivity contribution in [3.05, 3.63) is 54.0 Å². The summed E-state index contributed by atoms with van der Waals surface area (Å²) in [4.78, 5) is 18.9. The van der Waals surface area contributed by atoms with Crippen LogP contribution >= 0.6 is 0 Å². The van der Waals surface area contributed by atoms with E-state index in [0.717, 1.165) is 5.56 Å². The molecule has 2 rings (SSSR count).